The van der Waals surface area contributed by atoms with Gasteiger partial charge < -0.3 is 10.2 Å². The van der Waals surface area contributed by atoms with Crippen molar-refractivity contribution in [1.82, 2.24) is 0 Å². The van der Waals surface area contributed by atoms with Gasteiger partial charge in [0.1, 0.15) is 6.10 Å². The summed E-state index contributed by atoms with van der Waals surface area (Å²) in [4.78, 5) is 0. The van der Waals surface area contributed by atoms with Crippen LogP contribution in [0.1, 0.15) is 29.2 Å². The summed E-state index contributed by atoms with van der Waals surface area (Å²) in [5.41, 5.74) is 1.84. The fourth-order valence-electron chi connectivity index (χ4n) is 1.52. The fourth-order valence-corrected chi connectivity index (χ4v) is 1.79. The third kappa shape index (κ3) is 2.99. The molecule has 0 aromatic heterocycles. The third-order valence-electron chi connectivity index (χ3n) is 2.44. The Balaban J connectivity index is 2.99. The van der Waals surface area contributed by atoms with Crippen molar-refractivity contribution in [2.45, 2.75) is 25.6 Å². The van der Waals surface area contributed by atoms with Crippen LogP contribution in [0.25, 0.3) is 0 Å². The molecule has 0 heterocycles. The Kier molecular flexibility index (Phi) is 4.81. The summed E-state index contributed by atoms with van der Waals surface area (Å²) in [6.45, 7) is 1.88. The van der Waals surface area contributed by atoms with Crippen LogP contribution >= 0.6 is 12.6 Å². The first-order valence-corrected chi connectivity index (χ1v) is 5.71. The first kappa shape index (κ1) is 13.0. The number of benzene rings is 1. The number of thiol groups is 1. The lowest BCUT2D eigenvalue weighted by atomic mass is 9.96. The predicted octanol–water partition coefficient (Wildman–Crippen LogP) is 1.58. The molecule has 2 unspecified atom stereocenters. The van der Waals surface area contributed by atoms with E-state index in [4.69, 9.17) is 5.26 Å². The first-order chi connectivity index (χ1) is 7.60. The summed E-state index contributed by atoms with van der Waals surface area (Å²) in [5, 5.41) is 28.5. The average Bonchev–Trinajstić information content (AvgIpc) is 2.28. The van der Waals surface area contributed by atoms with E-state index in [1.165, 1.54) is 0 Å². The van der Waals surface area contributed by atoms with Crippen molar-refractivity contribution in [3.8, 4) is 6.07 Å². The maximum absolute atomic E-state index is 9.89. The van der Waals surface area contributed by atoms with Gasteiger partial charge >= 0.3 is 0 Å². The third-order valence-corrected chi connectivity index (χ3v) is 2.70. The van der Waals surface area contributed by atoms with Crippen molar-refractivity contribution in [2.75, 3.05) is 5.75 Å². The monoisotopic (exact) mass is 237 g/mol. The van der Waals surface area contributed by atoms with Gasteiger partial charge in [0, 0.05) is 5.56 Å². The van der Waals surface area contributed by atoms with Gasteiger partial charge in [0.25, 0.3) is 0 Å². The lowest BCUT2D eigenvalue weighted by Gasteiger charge is -2.18. The van der Waals surface area contributed by atoms with Crippen molar-refractivity contribution in [1.29, 1.82) is 5.26 Å². The van der Waals surface area contributed by atoms with Gasteiger partial charge in [-0.05, 0) is 30.7 Å². The topological polar surface area (TPSA) is 64.2 Å². The summed E-state index contributed by atoms with van der Waals surface area (Å²) in [7, 11) is 0. The second kappa shape index (κ2) is 5.90. The van der Waals surface area contributed by atoms with Gasteiger partial charge in [0.05, 0.1) is 17.7 Å². The highest BCUT2D eigenvalue weighted by Gasteiger charge is 2.20. The molecular weight excluding hydrogens is 222 g/mol. The fraction of sp³-hybridized carbons (Fsp3) is 0.417. The zero-order valence-electron chi connectivity index (χ0n) is 9.09. The molecule has 16 heavy (non-hydrogen) atoms. The molecule has 1 aromatic rings. The van der Waals surface area contributed by atoms with E-state index < -0.39 is 12.2 Å². The number of nitriles is 1. The zero-order chi connectivity index (χ0) is 12.1. The van der Waals surface area contributed by atoms with E-state index in [9.17, 15) is 10.2 Å². The van der Waals surface area contributed by atoms with Gasteiger partial charge in [-0.1, -0.05) is 12.1 Å². The van der Waals surface area contributed by atoms with Crippen LogP contribution in [-0.4, -0.2) is 22.1 Å². The standard InChI is InChI=1S/C12H15NO2S/c1-8-2-3-10(9(6-8)7-13)12(15)11(14)4-5-16/h2-3,6,11-12,14-16H,4-5H2,1H3. The average molecular weight is 237 g/mol. The lowest BCUT2D eigenvalue weighted by Crippen LogP contribution is -2.19. The Morgan fingerprint density at radius 1 is 1.44 bits per heavy atom. The molecule has 1 rings (SSSR count). The van der Waals surface area contributed by atoms with Crippen LogP contribution in [0.2, 0.25) is 0 Å². The van der Waals surface area contributed by atoms with E-state index in [1.54, 1.807) is 12.1 Å². The molecule has 0 aliphatic heterocycles. The molecule has 0 fully saturated rings. The quantitative estimate of drug-likeness (QED) is 0.697. The van der Waals surface area contributed by atoms with Crippen molar-refractivity contribution in [3.63, 3.8) is 0 Å². The molecule has 0 radical (unpaired) electrons. The highest BCUT2D eigenvalue weighted by atomic mass is 32.1. The minimum absolute atomic E-state index is 0.392. The van der Waals surface area contributed by atoms with Gasteiger partial charge in [0.15, 0.2) is 0 Å². The summed E-state index contributed by atoms with van der Waals surface area (Å²) in [6, 6.07) is 7.22. The zero-order valence-corrected chi connectivity index (χ0v) is 9.98. The molecule has 0 bridgehead atoms. The molecular formula is C12H15NO2S. The van der Waals surface area contributed by atoms with Gasteiger partial charge in [0.2, 0.25) is 0 Å². The number of hydrogen-bond donors (Lipinski definition) is 3. The van der Waals surface area contributed by atoms with E-state index in [-0.39, 0.29) is 0 Å². The van der Waals surface area contributed by atoms with Crippen LogP contribution in [-0.2, 0) is 0 Å². The van der Waals surface area contributed by atoms with E-state index in [0.29, 0.717) is 23.3 Å². The van der Waals surface area contributed by atoms with Gasteiger partial charge in [-0.15, -0.1) is 0 Å². The minimum atomic E-state index is -1.03. The Morgan fingerprint density at radius 3 is 2.69 bits per heavy atom. The lowest BCUT2D eigenvalue weighted by molar-refractivity contribution is 0.0171. The molecule has 0 aliphatic rings. The highest BCUT2D eigenvalue weighted by molar-refractivity contribution is 7.80. The molecule has 0 saturated carbocycles. The molecule has 0 aliphatic carbocycles. The van der Waals surface area contributed by atoms with Gasteiger partial charge in [-0.2, -0.15) is 17.9 Å². The summed E-state index contributed by atoms with van der Waals surface area (Å²) in [6.07, 6.45) is -1.52. The smallest absolute Gasteiger partial charge is 0.106 e. The van der Waals surface area contributed by atoms with Crippen molar-refractivity contribution < 1.29 is 10.2 Å². The van der Waals surface area contributed by atoms with Crippen LogP contribution in [0.3, 0.4) is 0 Å². The second-order valence-electron chi connectivity index (χ2n) is 3.73. The van der Waals surface area contributed by atoms with Crippen LogP contribution in [0.4, 0.5) is 0 Å². The molecule has 1 aromatic carbocycles. The molecule has 4 heteroatoms. The van der Waals surface area contributed by atoms with E-state index in [0.717, 1.165) is 5.56 Å². The SMILES string of the molecule is Cc1ccc(C(O)C(O)CCS)c(C#N)c1. The second-order valence-corrected chi connectivity index (χ2v) is 4.17. The molecule has 0 amide bonds. The molecule has 2 N–H and O–H groups in total. The van der Waals surface area contributed by atoms with Crippen molar-refractivity contribution >= 4 is 12.6 Å². The summed E-state index contributed by atoms with van der Waals surface area (Å²) < 4.78 is 0. The maximum Gasteiger partial charge on any atom is 0.106 e. The number of hydrogen-bond acceptors (Lipinski definition) is 4. The van der Waals surface area contributed by atoms with Crippen LogP contribution in [0.5, 0.6) is 0 Å². The normalized spacial score (nSPS) is 14.2. The summed E-state index contributed by atoms with van der Waals surface area (Å²) >= 11 is 4.00. The number of nitrogens with zero attached hydrogens (tertiary/aromatic N) is 1. The number of rotatable bonds is 4. The van der Waals surface area contributed by atoms with Crippen LogP contribution in [0, 0.1) is 18.3 Å². The number of aryl methyl sites for hydroxylation is 1. The Labute approximate surface area is 101 Å². The Hall–Kier alpha value is -1.02. The molecule has 0 saturated heterocycles. The van der Waals surface area contributed by atoms with Gasteiger partial charge in [-0.3, -0.25) is 0 Å². The maximum atomic E-state index is 9.89. The Morgan fingerprint density at radius 2 is 2.12 bits per heavy atom. The number of aliphatic hydroxyl groups is 2. The molecule has 86 valence electrons. The van der Waals surface area contributed by atoms with Crippen LogP contribution in [0.15, 0.2) is 18.2 Å². The minimum Gasteiger partial charge on any atom is -0.390 e. The van der Waals surface area contributed by atoms with E-state index >= 15 is 0 Å². The summed E-state index contributed by atoms with van der Waals surface area (Å²) in [5.74, 6) is 0.492. The first-order valence-electron chi connectivity index (χ1n) is 5.07. The van der Waals surface area contributed by atoms with E-state index in [1.807, 2.05) is 19.1 Å². The predicted molar refractivity (Wildman–Crippen MR) is 65.3 cm³/mol. The van der Waals surface area contributed by atoms with Crippen molar-refractivity contribution in [3.05, 3.63) is 34.9 Å². The van der Waals surface area contributed by atoms with Crippen LogP contribution < -0.4 is 0 Å². The van der Waals surface area contributed by atoms with E-state index in [2.05, 4.69) is 12.6 Å². The molecule has 3 nitrogen and oxygen atoms in total. The Bertz CT molecular complexity index is 400. The largest absolute Gasteiger partial charge is 0.390 e. The molecule has 0 spiro atoms. The van der Waals surface area contributed by atoms with Gasteiger partial charge in [-0.25, -0.2) is 0 Å². The molecule has 2 atom stereocenters. The van der Waals surface area contributed by atoms with Crippen molar-refractivity contribution in [2.24, 2.45) is 0 Å². The number of aliphatic hydroxyl groups excluding tert-OH is 2. The highest BCUT2D eigenvalue weighted by Crippen LogP contribution is 2.23.